The summed E-state index contributed by atoms with van der Waals surface area (Å²) in [7, 11) is 0. The zero-order chi connectivity index (χ0) is 14.8. The second kappa shape index (κ2) is 5.43. The van der Waals surface area contributed by atoms with Gasteiger partial charge in [-0.1, -0.05) is 19.8 Å². The number of halogens is 3. The lowest BCUT2D eigenvalue weighted by molar-refractivity contribution is -0.144. The molecule has 1 aliphatic carbocycles. The zero-order valence-electron chi connectivity index (χ0n) is 11.2. The minimum Gasteiger partial charge on any atom is -0.369 e. The highest BCUT2D eigenvalue weighted by Gasteiger charge is 2.35. The van der Waals surface area contributed by atoms with Crippen LogP contribution in [0.15, 0.2) is 6.07 Å². The van der Waals surface area contributed by atoms with Gasteiger partial charge in [-0.15, -0.1) is 0 Å². The van der Waals surface area contributed by atoms with Gasteiger partial charge in [-0.3, -0.25) is 0 Å². The Kier molecular flexibility index (Phi) is 4.03. The molecule has 1 aliphatic rings. The molecule has 0 unspecified atom stereocenters. The van der Waals surface area contributed by atoms with Crippen LogP contribution in [-0.4, -0.2) is 16.5 Å². The third kappa shape index (κ3) is 3.50. The van der Waals surface area contributed by atoms with E-state index in [1.165, 1.54) is 6.07 Å². The van der Waals surface area contributed by atoms with Crippen molar-refractivity contribution in [3.05, 3.63) is 11.9 Å². The summed E-state index contributed by atoms with van der Waals surface area (Å²) in [5, 5.41) is 2.97. The molecule has 1 saturated carbocycles. The maximum atomic E-state index is 12.7. The molecule has 8 heteroatoms. The smallest absolute Gasteiger partial charge is 0.369 e. The first-order valence-corrected chi connectivity index (χ1v) is 6.49. The predicted octanol–water partition coefficient (Wildman–Crippen LogP) is 2.77. The summed E-state index contributed by atoms with van der Waals surface area (Å²) < 4.78 is 38.0. The van der Waals surface area contributed by atoms with E-state index in [-0.39, 0.29) is 17.1 Å². The topological polar surface area (TPSA) is 75.9 Å². The highest BCUT2D eigenvalue weighted by molar-refractivity contribution is 5.47. The van der Waals surface area contributed by atoms with Crippen molar-refractivity contribution < 1.29 is 13.2 Å². The number of hydrogen-bond acceptors (Lipinski definition) is 5. The number of aromatic nitrogens is 2. The van der Waals surface area contributed by atoms with Gasteiger partial charge < -0.3 is 10.7 Å². The Morgan fingerprint density at radius 1 is 1.25 bits per heavy atom. The van der Waals surface area contributed by atoms with Gasteiger partial charge in [0.25, 0.3) is 0 Å². The fraction of sp³-hybridized carbons (Fsp3) is 0.667. The zero-order valence-corrected chi connectivity index (χ0v) is 11.2. The summed E-state index contributed by atoms with van der Waals surface area (Å²) in [5.74, 6) is 4.01. The predicted molar refractivity (Wildman–Crippen MR) is 69.9 cm³/mol. The lowest BCUT2D eigenvalue weighted by Crippen LogP contribution is -2.24. The number of hydrogen-bond donors (Lipinski definition) is 3. The third-order valence-electron chi connectivity index (χ3n) is 3.63. The Morgan fingerprint density at radius 2 is 1.85 bits per heavy atom. The lowest BCUT2D eigenvalue weighted by Gasteiger charge is -2.24. The summed E-state index contributed by atoms with van der Waals surface area (Å²) in [6.07, 6.45) is -0.143. The molecule has 0 atom stereocenters. The lowest BCUT2D eigenvalue weighted by atomic mass is 9.89. The van der Waals surface area contributed by atoms with Crippen LogP contribution in [0.3, 0.4) is 0 Å². The molecule has 4 N–H and O–H groups in total. The van der Waals surface area contributed by atoms with Gasteiger partial charge in [-0.2, -0.15) is 13.2 Å². The highest BCUT2D eigenvalue weighted by atomic mass is 19.4. The Hall–Kier alpha value is -1.57. The normalized spacial score (nSPS) is 18.1. The van der Waals surface area contributed by atoms with Crippen molar-refractivity contribution in [3.63, 3.8) is 0 Å². The quantitative estimate of drug-likeness (QED) is 0.587. The molecule has 0 bridgehead atoms. The molecular weight excluding hydrogens is 271 g/mol. The molecule has 0 saturated heterocycles. The van der Waals surface area contributed by atoms with Crippen LogP contribution in [0.5, 0.6) is 0 Å². The number of rotatable bonds is 4. The number of alkyl halides is 3. The van der Waals surface area contributed by atoms with E-state index < -0.39 is 12.0 Å². The van der Waals surface area contributed by atoms with Gasteiger partial charge in [-0.25, -0.2) is 15.8 Å². The maximum Gasteiger partial charge on any atom is 0.451 e. The summed E-state index contributed by atoms with van der Waals surface area (Å²) in [4.78, 5) is 6.81. The van der Waals surface area contributed by atoms with Crippen LogP contribution in [0.1, 0.15) is 38.4 Å². The van der Waals surface area contributed by atoms with E-state index in [4.69, 9.17) is 5.84 Å². The second-order valence-electron chi connectivity index (χ2n) is 5.48. The fourth-order valence-corrected chi connectivity index (χ4v) is 2.45. The Balaban J connectivity index is 2.14. The van der Waals surface area contributed by atoms with Crippen molar-refractivity contribution >= 4 is 11.6 Å². The first kappa shape index (κ1) is 14.8. The van der Waals surface area contributed by atoms with Gasteiger partial charge >= 0.3 is 6.18 Å². The molecule has 0 aromatic carbocycles. The summed E-state index contributed by atoms with van der Waals surface area (Å²) in [6.45, 7) is 2.71. The molecule has 112 valence electrons. The number of hydrazine groups is 1. The van der Waals surface area contributed by atoms with Crippen LogP contribution in [0.4, 0.5) is 24.8 Å². The standard InChI is InChI=1S/C12H18F3N5/c1-11(4-2-3-5-11)7-17-8-6-9(20-16)19-10(18-8)12(13,14)15/h6H,2-5,7,16H2,1H3,(H2,17,18,19,20). The molecule has 20 heavy (non-hydrogen) atoms. The number of nitrogens with zero attached hydrogens (tertiary/aromatic N) is 2. The molecule has 0 amide bonds. The van der Waals surface area contributed by atoms with Crippen molar-refractivity contribution in [2.24, 2.45) is 11.3 Å². The Morgan fingerprint density at radius 3 is 2.40 bits per heavy atom. The molecule has 5 nitrogen and oxygen atoms in total. The van der Waals surface area contributed by atoms with Crippen LogP contribution in [-0.2, 0) is 6.18 Å². The fourth-order valence-electron chi connectivity index (χ4n) is 2.45. The number of anilines is 2. The molecule has 1 aromatic heterocycles. The SMILES string of the molecule is CC1(CNc2cc(NN)nc(C(F)(F)F)n2)CCCC1. The van der Waals surface area contributed by atoms with E-state index in [0.29, 0.717) is 6.54 Å². The molecule has 2 rings (SSSR count). The molecule has 0 aliphatic heterocycles. The molecule has 0 spiro atoms. The van der Waals surface area contributed by atoms with Crippen molar-refractivity contribution in [1.29, 1.82) is 0 Å². The summed E-state index contributed by atoms with van der Waals surface area (Å²) in [5.41, 5.74) is 2.24. The van der Waals surface area contributed by atoms with Crippen LogP contribution >= 0.6 is 0 Å². The van der Waals surface area contributed by atoms with E-state index in [2.05, 4.69) is 27.6 Å². The van der Waals surface area contributed by atoms with Gasteiger partial charge in [0.05, 0.1) is 0 Å². The van der Waals surface area contributed by atoms with Gasteiger partial charge in [0.2, 0.25) is 5.82 Å². The van der Waals surface area contributed by atoms with Gasteiger partial charge in [-0.05, 0) is 18.3 Å². The van der Waals surface area contributed by atoms with Gasteiger partial charge in [0, 0.05) is 12.6 Å². The number of nitrogens with one attached hydrogen (secondary N) is 2. The molecule has 1 heterocycles. The molecule has 0 radical (unpaired) electrons. The van der Waals surface area contributed by atoms with E-state index >= 15 is 0 Å². The average Bonchev–Trinajstić information content (AvgIpc) is 2.82. The minimum atomic E-state index is -4.60. The monoisotopic (exact) mass is 289 g/mol. The first-order valence-electron chi connectivity index (χ1n) is 6.49. The van der Waals surface area contributed by atoms with Gasteiger partial charge in [0.15, 0.2) is 0 Å². The van der Waals surface area contributed by atoms with E-state index in [0.717, 1.165) is 25.7 Å². The van der Waals surface area contributed by atoms with Crippen LogP contribution in [0.25, 0.3) is 0 Å². The number of nitrogen functional groups attached to an aromatic ring is 1. The molecule has 1 aromatic rings. The Labute approximate surface area is 115 Å². The largest absolute Gasteiger partial charge is 0.451 e. The van der Waals surface area contributed by atoms with E-state index in [1.54, 1.807) is 0 Å². The maximum absolute atomic E-state index is 12.7. The van der Waals surface area contributed by atoms with Crippen molar-refractivity contribution in [2.45, 2.75) is 38.8 Å². The second-order valence-corrected chi connectivity index (χ2v) is 5.48. The first-order chi connectivity index (χ1) is 9.32. The van der Waals surface area contributed by atoms with Crippen molar-refractivity contribution in [1.82, 2.24) is 9.97 Å². The molecule has 1 fully saturated rings. The third-order valence-corrected chi connectivity index (χ3v) is 3.63. The highest BCUT2D eigenvalue weighted by Crippen LogP contribution is 2.37. The van der Waals surface area contributed by atoms with Crippen LogP contribution in [0, 0.1) is 5.41 Å². The average molecular weight is 289 g/mol. The Bertz CT molecular complexity index is 469. The summed E-state index contributed by atoms with van der Waals surface area (Å²) >= 11 is 0. The summed E-state index contributed by atoms with van der Waals surface area (Å²) in [6, 6.07) is 1.37. The minimum absolute atomic E-state index is 0.0635. The van der Waals surface area contributed by atoms with Crippen LogP contribution < -0.4 is 16.6 Å². The van der Waals surface area contributed by atoms with Crippen molar-refractivity contribution in [2.75, 3.05) is 17.3 Å². The van der Waals surface area contributed by atoms with Crippen molar-refractivity contribution in [3.8, 4) is 0 Å². The van der Waals surface area contributed by atoms with Crippen LogP contribution in [0.2, 0.25) is 0 Å². The van der Waals surface area contributed by atoms with Gasteiger partial charge in [0.1, 0.15) is 11.6 Å². The van der Waals surface area contributed by atoms with E-state index in [9.17, 15) is 13.2 Å². The molecular formula is C12H18F3N5. The van der Waals surface area contributed by atoms with E-state index in [1.807, 2.05) is 0 Å². The number of nitrogens with two attached hydrogens (primary N) is 1.